The highest BCUT2D eigenvalue weighted by atomic mass is 79.9. The Bertz CT molecular complexity index is 741. The molecule has 8 heteroatoms. The van der Waals surface area contributed by atoms with E-state index in [4.69, 9.17) is 4.52 Å². The predicted octanol–water partition coefficient (Wildman–Crippen LogP) is 3.29. The van der Waals surface area contributed by atoms with E-state index in [2.05, 4.69) is 41.7 Å². The Morgan fingerprint density at radius 1 is 1.20 bits per heavy atom. The lowest BCUT2D eigenvalue weighted by Crippen LogP contribution is -2.23. The lowest BCUT2D eigenvalue weighted by atomic mass is 10.2. The van der Waals surface area contributed by atoms with E-state index in [-0.39, 0.29) is 11.4 Å². The van der Waals surface area contributed by atoms with E-state index in [1.165, 1.54) is 0 Å². The van der Waals surface area contributed by atoms with E-state index < -0.39 is 10.0 Å². The predicted molar refractivity (Wildman–Crippen MR) is 81.8 cm³/mol. The fourth-order valence-corrected chi connectivity index (χ4v) is 4.26. The summed E-state index contributed by atoms with van der Waals surface area (Å²) in [7, 11) is -3.63. The van der Waals surface area contributed by atoms with E-state index in [1.807, 2.05) is 6.92 Å². The monoisotopic (exact) mass is 422 g/mol. The van der Waals surface area contributed by atoms with Crippen LogP contribution in [0.2, 0.25) is 0 Å². The van der Waals surface area contributed by atoms with Gasteiger partial charge in [-0.1, -0.05) is 21.1 Å². The molecular formula is C12H12Br2N2O3S. The number of halogens is 2. The third-order valence-electron chi connectivity index (χ3n) is 2.62. The molecule has 5 nitrogen and oxygen atoms in total. The first-order chi connectivity index (χ1) is 9.29. The van der Waals surface area contributed by atoms with Crippen molar-refractivity contribution in [2.75, 3.05) is 0 Å². The second kappa shape index (κ2) is 5.97. The average molecular weight is 424 g/mol. The standard InChI is InChI=1S/C12H12Br2N2O3S/c1-7-3-11(14)12(5-10(7)13)20(17,18)15-6-9-4-8(2)19-16-9/h3-5,15H,6H2,1-2H3. The van der Waals surface area contributed by atoms with E-state index in [9.17, 15) is 8.42 Å². The molecule has 20 heavy (non-hydrogen) atoms. The molecule has 1 heterocycles. The van der Waals surface area contributed by atoms with E-state index in [0.717, 1.165) is 10.0 Å². The lowest BCUT2D eigenvalue weighted by molar-refractivity contribution is 0.390. The quantitative estimate of drug-likeness (QED) is 0.818. The Labute approximate surface area is 134 Å². The van der Waals surface area contributed by atoms with Gasteiger partial charge in [-0.25, -0.2) is 13.1 Å². The van der Waals surface area contributed by atoms with Gasteiger partial charge in [0.1, 0.15) is 5.76 Å². The smallest absolute Gasteiger partial charge is 0.242 e. The number of aryl methyl sites for hydroxylation is 2. The van der Waals surface area contributed by atoms with Gasteiger partial charge in [0, 0.05) is 15.0 Å². The van der Waals surface area contributed by atoms with Gasteiger partial charge < -0.3 is 4.52 Å². The van der Waals surface area contributed by atoms with Crippen molar-refractivity contribution >= 4 is 41.9 Å². The fourth-order valence-electron chi connectivity index (χ4n) is 1.58. The first-order valence-electron chi connectivity index (χ1n) is 5.67. The number of sulfonamides is 1. The van der Waals surface area contributed by atoms with Gasteiger partial charge >= 0.3 is 0 Å². The molecule has 1 aromatic heterocycles. The van der Waals surface area contributed by atoms with Crippen LogP contribution in [0.5, 0.6) is 0 Å². The molecule has 1 aromatic carbocycles. The molecule has 0 bridgehead atoms. The van der Waals surface area contributed by atoms with Crippen LogP contribution >= 0.6 is 31.9 Å². The van der Waals surface area contributed by atoms with Gasteiger partial charge in [0.05, 0.1) is 17.1 Å². The molecule has 0 aliphatic rings. The first-order valence-corrected chi connectivity index (χ1v) is 8.74. The molecule has 108 valence electrons. The molecule has 0 spiro atoms. The zero-order valence-electron chi connectivity index (χ0n) is 10.8. The van der Waals surface area contributed by atoms with Crippen LogP contribution in [-0.4, -0.2) is 13.6 Å². The molecule has 0 fully saturated rings. The van der Waals surface area contributed by atoms with Gasteiger partial charge in [0.15, 0.2) is 0 Å². The summed E-state index contributed by atoms with van der Waals surface area (Å²) >= 11 is 6.60. The Hall–Kier alpha value is -0.700. The third-order valence-corrected chi connectivity index (χ3v) is 5.84. The highest BCUT2D eigenvalue weighted by Crippen LogP contribution is 2.28. The van der Waals surface area contributed by atoms with Crippen LogP contribution in [0, 0.1) is 13.8 Å². The molecule has 0 amide bonds. The topological polar surface area (TPSA) is 72.2 Å². The average Bonchev–Trinajstić information content (AvgIpc) is 2.77. The van der Waals surface area contributed by atoms with Crippen molar-refractivity contribution in [3.05, 3.63) is 44.2 Å². The summed E-state index contributed by atoms with van der Waals surface area (Å²) in [4.78, 5) is 0.176. The SMILES string of the molecule is Cc1cc(CNS(=O)(=O)c2cc(Br)c(C)cc2Br)no1. The molecular weight excluding hydrogens is 412 g/mol. The number of aromatic nitrogens is 1. The third kappa shape index (κ3) is 3.49. The normalized spacial score (nSPS) is 11.8. The Morgan fingerprint density at radius 3 is 2.50 bits per heavy atom. The maximum absolute atomic E-state index is 12.3. The number of rotatable bonds is 4. The molecule has 0 saturated carbocycles. The second-order valence-corrected chi connectivity index (χ2v) is 7.73. The van der Waals surface area contributed by atoms with Crippen LogP contribution in [0.1, 0.15) is 17.0 Å². The minimum absolute atomic E-state index is 0.0810. The molecule has 2 rings (SSSR count). The van der Waals surface area contributed by atoms with E-state index in [1.54, 1.807) is 25.1 Å². The van der Waals surface area contributed by atoms with Crippen molar-refractivity contribution in [1.29, 1.82) is 0 Å². The van der Waals surface area contributed by atoms with Crippen LogP contribution in [0.3, 0.4) is 0 Å². The summed E-state index contributed by atoms with van der Waals surface area (Å²) < 4.78 is 33.2. The summed E-state index contributed by atoms with van der Waals surface area (Å²) in [6, 6.07) is 5.00. The lowest BCUT2D eigenvalue weighted by Gasteiger charge is -2.09. The molecule has 2 aromatic rings. The van der Waals surface area contributed by atoms with Crippen molar-refractivity contribution in [3.63, 3.8) is 0 Å². The number of benzene rings is 1. The number of hydrogen-bond donors (Lipinski definition) is 1. The molecule has 0 radical (unpaired) electrons. The van der Waals surface area contributed by atoms with Gasteiger partial charge in [-0.15, -0.1) is 0 Å². The molecule has 0 saturated heterocycles. The van der Waals surface area contributed by atoms with Crippen molar-refractivity contribution < 1.29 is 12.9 Å². The van der Waals surface area contributed by atoms with Crippen LogP contribution in [0.15, 0.2) is 36.6 Å². The largest absolute Gasteiger partial charge is 0.361 e. The Kier molecular flexibility index (Phi) is 4.68. The summed E-state index contributed by atoms with van der Waals surface area (Å²) in [6.07, 6.45) is 0. The molecule has 0 unspecified atom stereocenters. The summed E-state index contributed by atoms with van der Waals surface area (Å²) in [5, 5.41) is 3.74. The van der Waals surface area contributed by atoms with Gasteiger partial charge in [0.2, 0.25) is 10.0 Å². The number of nitrogens with one attached hydrogen (secondary N) is 1. The highest BCUT2D eigenvalue weighted by Gasteiger charge is 2.19. The van der Waals surface area contributed by atoms with Gasteiger partial charge in [0.25, 0.3) is 0 Å². The minimum Gasteiger partial charge on any atom is -0.361 e. The summed E-state index contributed by atoms with van der Waals surface area (Å²) in [5.74, 6) is 0.637. The first kappa shape index (κ1) is 15.7. The van der Waals surface area contributed by atoms with Crippen LogP contribution < -0.4 is 4.72 Å². The van der Waals surface area contributed by atoms with Crippen molar-refractivity contribution in [2.45, 2.75) is 25.3 Å². The van der Waals surface area contributed by atoms with E-state index >= 15 is 0 Å². The van der Waals surface area contributed by atoms with Crippen molar-refractivity contribution in [1.82, 2.24) is 9.88 Å². The van der Waals surface area contributed by atoms with Crippen LogP contribution in [0.25, 0.3) is 0 Å². The molecule has 0 aliphatic heterocycles. The fraction of sp³-hybridized carbons (Fsp3) is 0.250. The minimum atomic E-state index is -3.63. The van der Waals surface area contributed by atoms with Crippen molar-refractivity contribution in [2.24, 2.45) is 0 Å². The van der Waals surface area contributed by atoms with Gasteiger partial charge in [-0.3, -0.25) is 0 Å². The van der Waals surface area contributed by atoms with Crippen LogP contribution in [-0.2, 0) is 16.6 Å². The molecule has 0 aliphatic carbocycles. The van der Waals surface area contributed by atoms with E-state index in [0.29, 0.717) is 15.9 Å². The zero-order valence-corrected chi connectivity index (χ0v) is 14.8. The Morgan fingerprint density at radius 2 is 1.90 bits per heavy atom. The number of nitrogens with zero attached hydrogens (tertiary/aromatic N) is 1. The Balaban J connectivity index is 2.24. The van der Waals surface area contributed by atoms with Gasteiger partial charge in [-0.2, -0.15) is 0 Å². The molecule has 0 atom stereocenters. The van der Waals surface area contributed by atoms with Crippen molar-refractivity contribution in [3.8, 4) is 0 Å². The van der Waals surface area contributed by atoms with Crippen LogP contribution in [0.4, 0.5) is 0 Å². The highest BCUT2D eigenvalue weighted by molar-refractivity contribution is 9.11. The summed E-state index contributed by atoms with van der Waals surface area (Å²) in [5.41, 5.74) is 1.48. The second-order valence-electron chi connectivity index (χ2n) is 4.29. The van der Waals surface area contributed by atoms with Gasteiger partial charge in [-0.05, 0) is 47.5 Å². The summed E-state index contributed by atoms with van der Waals surface area (Å²) in [6.45, 7) is 3.72. The molecule has 1 N–H and O–H groups in total. The maximum Gasteiger partial charge on any atom is 0.242 e. The zero-order chi connectivity index (χ0) is 14.9. The number of hydrogen-bond acceptors (Lipinski definition) is 4. The maximum atomic E-state index is 12.3.